The maximum atomic E-state index is 13.3. The number of hydrogen-bond acceptors (Lipinski definition) is 3. The zero-order chi connectivity index (χ0) is 21.8. The molecule has 0 radical (unpaired) electrons. The van der Waals surface area contributed by atoms with Crippen LogP contribution in [0, 0.1) is 0 Å². The zero-order valence-electron chi connectivity index (χ0n) is 16.9. The lowest BCUT2D eigenvalue weighted by molar-refractivity contribution is -0.122. The molecule has 1 N–H and O–H groups in total. The lowest BCUT2D eigenvalue weighted by atomic mass is 10.1. The summed E-state index contributed by atoms with van der Waals surface area (Å²) in [6.07, 6.45) is 1.83. The van der Waals surface area contributed by atoms with Gasteiger partial charge in [-0.3, -0.25) is 14.5 Å². The van der Waals surface area contributed by atoms with Gasteiger partial charge < -0.3 is 5.32 Å². The predicted molar refractivity (Wildman–Crippen MR) is 127 cm³/mol. The normalized spacial score (nSPS) is 15.5. The van der Waals surface area contributed by atoms with E-state index in [-0.39, 0.29) is 24.4 Å². The van der Waals surface area contributed by atoms with Gasteiger partial charge in [-0.1, -0.05) is 78.0 Å². The number of carbonyl (C=O) groups excluding carboxylic acids is 2. The van der Waals surface area contributed by atoms with Crippen molar-refractivity contribution in [3.8, 4) is 0 Å². The maximum absolute atomic E-state index is 13.3. The van der Waals surface area contributed by atoms with Crippen molar-refractivity contribution in [1.29, 1.82) is 0 Å². The van der Waals surface area contributed by atoms with E-state index >= 15 is 0 Å². The summed E-state index contributed by atoms with van der Waals surface area (Å²) in [6, 6.07) is 24.5. The number of nitrogens with zero attached hydrogens (tertiary/aromatic N) is 1. The van der Waals surface area contributed by atoms with Gasteiger partial charge in [0.2, 0.25) is 5.91 Å². The highest BCUT2D eigenvalue weighted by atomic mass is 35.5. The molecule has 4 nitrogen and oxygen atoms in total. The summed E-state index contributed by atoms with van der Waals surface area (Å²) in [5, 5.41) is 3.63. The van der Waals surface area contributed by atoms with Gasteiger partial charge in [-0.05, 0) is 48.4 Å². The molecule has 0 aliphatic carbocycles. The largest absolute Gasteiger partial charge is 0.348 e. The van der Waals surface area contributed by atoms with E-state index in [1.807, 2.05) is 79.7 Å². The third-order valence-corrected chi connectivity index (χ3v) is 6.31. The molecule has 31 heavy (non-hydrogen) atoms. The van der Waals surface area contributed by atoms with Crippen molar-refractivity contribution in [2.45, 2.75) is 17.9 Å². The van der Waals surface area contributed by atoms with E-state index in [0.717, 1.165) is 21.7 Å². The second kappa shape index (κ2) is 9.41. The van der Waals surface area contributed by atoms with Crippen LogP contribution in [0.1, 0.15) is 24.1 Å². The van der Waals surface area contributed by atoms with Crippen LogP contribution in [-0.4, -0.2) is 18.4 Å². The molecule has 156 valence electrons. The number of amides is 2. The van der Waals surface area contributed by atoms with Crippen LogP contribution in [0.3, 0.4) is 0 Å². The van der Waals surface area contributed by atoms with E-state index in [9.17, 15) is 9.59 Å². The molecule has 4 rings (SSSR count). The Bertz CT molecular complexity index is 1130. The predicted octanol–water partition coefficient (Wildman–Crippen LogP) is 5.70. The molecule has 1 heterocycles. The minimum Gasteiger partial charge on any atom is -0.348 e. The van der Waals surface area contributed by atoms with Crippen molar-refractivity contribution in [2.75, 3.05) is 11.4 Å². The average molecular weight is 449 g/mol. The Morgan fingerprint density at radius 1 is 1.03 bits per heavy atom. The molecule has 1 aliphatic heterocycles. The SMILES string of the molecule is CC(NC(=O)CN1C(=O)/C(=C\c2ccc(Cl)cc2)Sc2ccccc21)c1ccccc1. The van der Waals surface area contributed by atoms with Crippen LogP contribution in [0.15, 0.2) is 88.7 Å². The van der Waals surface area contributed by atoms with Crippen molar-refractivity contribution in [3.05, 3.63) is 99.9 Å². The summed E-state index contributed by atoms with van der Waals surface area (Å²) in [6.45, 7) is 1.88. The molecule has 1 unspecified atom stereocenters. The second-order valence-corrected chi connectivity index (χ2v) is 8.74. The Morgan fingerprint density at radius 3 is 2.45 bits per heavy atom. The third-order valence-electron chi connectivity index (χ3n) is 4.98. The van der Waals surface area contributed by atoms with Crippen molar-refractivity contribution < 1.29 is 9.59 Å². The van der Waals surface area contributed by atoms with E-state index in [0.29, 0.717) is 9.93 Å². The van der Waals surface area contributed by atoms with Crippen molar-refractivity contribution in [3.63, 3.8) is 0 Å². The smallest absolute Gasteiger partial charge is 0.265 e. The summed E-state index contributed by atoms with van der Waals surface area (Å²) in [5.74, 6) is -0.404. The number of carbonyl (C=O) groups is 2. The number of benzene rings is 3. The fourth-order valence-corrected chi connectivity index (χ4v) is 4.57. The van der Waals surface area contributed by atoms with Gasteiger partial charge in [0, 0.05) is 9.92 Å². The van der Waals surface area contributed by atoms with E-state index in [1.54, 1.807) is 17.0 Å². The molecule has 0 saturated heterocycles. The van der Waals surface area contributed by atoms with Crippen LogP contribution in [0.5, 0.6) is 0 Å². The van der Waals surface area contributed by atoms with E-state index in [2.05, 4.69) is 5.32 Å². The van der Waals surface area contributed by atoms with Crippen molar-refractivity contribution in [2.24, 2.45) is 0 Å². The van der Waals surface area contributed by atoms with Gasteiger partial charge in [0.05, 0.1) is 16.6 Å². The van der Waals surface area contributed by atoms with Crippen LogP contribution >= 0.6 is 23.4 Å². The highest BCUT2D eigenvalue weighted by molar-refractivity contribution is 8.04. The monoisotopic (exact) mass is 448 g/mol. The Balaban J connectivity index is 1.57. The second-order valence-electron chi connectivity index (χ2n) is 7.22. The Labute approximate surface area is 190 Å². The van der Waals surface area contributed by atoms with Crippen molar-refractivity contribution >= 4 is 46.9 Å². The zero-order valence-corrected chi connectivity index (χ0v) is 18.5. The van der Waals surface area contributed by atoms with Gasteiger partial charge in [-0.15, -0.1) is 0 Å². The number of halogens is 1. The molecule has 0 spiro atoms. The van der Waals surface area contributed by atoms with Gasteiger partial charge in [0.1, 0.15) is 6.54 Å². The lowest BCUT2D eigenvalue weighted by Gasteiger charge is -2.30. The fourth-order valence-electron chi connectivity index (χ4n) is 3.39. The number of fused-ring (bicyclic) bond motifs is 1. The molecule has 3 aromatic carbocycles. The number of anilines is 1. The lowest BCUT2D eigenvalue weighted by Crippen LogP contribution is -2.43. The molecular formula is C25H21ClN2O2S. The summed E-state index contributed by atoms with van der Waals surface area (Å²) < 4.78 is 0. The van der Waals surface area contributed by atoms with Gasteiger partial charge >= 0.3 is 0 Å². The number of thioether (sulfide) groups is 1. The third kappa shape index (κ3) is 5.01. The number of rotatable bonds is 5. The average Bonchev–Trinajstić information content (AvgIpc) is 2.78. The molecule has 3 aromatic rings. The van der Waals surface area contributed by atoms with Crippen molar-refractivity contribution in [1.82, 2.24) is 5.32 Å². The van der Waals surface area contributed by atoms with Crippen LogP contribution in [0.4, 0.5) is 5.69 Å². The first-order chi connectivity index (χ1) is 15.0. The quantitative estimate of drug-likeness (QED) is 0.509. The number of nitrogens with one attached hydrogen (secondary N) is 1. The molecule has 6 heteroatoms. The fraction of sp³-hybridized carbons (Fsp3) is 0.120. The molecule has 0 saturated carbocycles. The standard InChI is InChI=1S/C25H21ClN2O2S/c1-17(19-7-3-2-4-8-19)27-24(29)16-28-21-9-5-6-10-22(21)31-23(25(28)30)15-18-11-13-20(26)14-12-18/h2-15,17H,16H2,1H3,(H,27,29)/b23-15+. The minimum atomic E-state index is -0.211. The topological polar surface area (TPSA) is 49.4 Å². The van der Waals surface area contributed by atoms with E-state index in [1.165, 1.54) is 11.8 Å². The van der Waals surface area contributed by atoms with E-state index in [4.69, 9.17) is 11.6 Å². The van der Waals surface area contributed by atoms with Crippen LogP contribution < -0.4 is 10.2 Å². The van der Waals surface area contributed by atoms with Gasteiger partial charge in [-0.25, -0.2) is 0 Å². The van der Waals surface area contributed by atoms with Gasteiger partial charge in [-0.2, -0.15) is 0 Å². The minimum absolute atomic E-state index is 0.0501. The molecule has 0 bridgehead atoms. The van der Waals surface area contributed by atoms with Crippen LogP contribution in [0.2, 0.25) is 5.02 Å². The molecule has 0 aromatic heterocycles. The summed E-state index contributed by atoms with van der Waals surface area (Å²) in [5.41, 5.74) is 2.63. The molecule has 0 fully saturated rings. The summed E-state index contributed by atoms with van der Waals surface area (Å²) >= 11 is 7.38. The molecule has 1 aliphatic rings. The highest BCUT2D eigenvalue weighted by Crippen LogP contribution is 2.42. The number of hydrogen-bond donors (Lipinski definition) is 1. The van der Waals surface area contributed by atoms with Crippen LogP contribution in [-0.2, 0) is 9.59 Å². The Morgan fingerprint density at radius 2 is 1.71 bits per heavy atom. The Kier molecular flexibility index (Phi) is 6.44. The van der Waals surface area contributed by atoms with Gasteiger partial charge in [0.25, 0.3) is 5.91 Å². The summed E-state index contributed by atoms with van der Waals surface area (Å²) in [7, 11) is 0. The highest BCUT2D eigenvalue weighted by Gasteiger charge is 2.30. The van der Waals surface area contributed by atoms with Crippen LogP contribution in [0.25, 0.3) is 6.08 Å². The molecule has 2 amide bonds. The first kappa shape index (κ1) is 21.2. The number of para-hydroxylation sites is 1. The van der Waals surface area contributed by atoms with Gasteiger partial charge in [0.15, 0.2) is 0 Å². The molecule has 1 atom stereocenters. The summed E-state index contributed by atoms with van der Waals surface area (Å²) in [4.78, 5) is 29.1. The first-order valence-electron chi connectivity index (χ1n) is 9.91. The first-order valence-corrected chi connectivity index (χ1v) is 11.1. The maximum Gasteiger partial charge on any atom is 0.265 e. The van der Waals surface area contributed by atoms with E-state index < -0.39 is 0 Å². The molecular weight excluding hydrogens is 428 g/mol. The Hall–Kier alpha value is -3.02.